The average molecular weight is 751 g/mol. The first-order chi connectivity index (χ1) is 24.8. The Kier molecular flexibility index (Phi) is 13.0. The molecule has 304 valence electrons. The van der Waals surface area contributed by atoms with Crippen LogP contribution in [0.3, 0.4) is 0 Å². The molecule has 0 bridgehead atoms. The van der Waals surface area contributed by atoms with Crippen LogP contribution in [-0.2, 0) is 33.3 Å². The van der Waals surface area contributed by atoms with Crippen molar-refractivity contribution in [2.75, 3.05) is 0 Å². The first kappa shape index (κ1) is 42.7. The fraction of sp³-hybridized carbons (Fsp3) is 0.905. The van der Waals surface area contributed by atoms with Crippen LogP contribution >= 0.6 is 0 Å². The Labute approximate surface area is 317 Å². The monoisotopic (exact) mass is 750 g/mol. The SMILES string of the molecule is CCC(C(=O)C(C)C(O)C(C)[C@@H]1O[C@H](C(CC)C(=O)O)CCC1C)[C@H]1O[C@]2(C=CC(O)[C@]3(CC[C@@](C)([C@@H]4CC[C@](O)(CC)C(C)O4)O3)O2)C(C)CC1C. The molecule has 11 nitrogen and oxygen atoms in total. The molecule has 4 saturated heterocycles. The number of carboxylic acid groups (broad SMARTS) is 1. The van der Waals surface area contributed by atoms with Gasteiger partial charge in [0.25, 0.3) is 0 Å². The Hall–Kier alpha value is -1.44. The summed E-state index contributed by atoms with van der Waals surface area (Å²) in [6.45, 7) is 19.6. The highest BCUT2D eigenvalue weighted by molar-refractivity contribution is 5.84. The molecule has 2 spiro atoms. The summed E-state index contributed by atoms with van der Waals surface area (Å²) in [6, 6.07) is 0. The van der Waals surface area contributed by atoms with E-state index in [1.54, 1.807) is 19.1 Å². The minimum atomic E-state index is -1.37. The molecule has 0 aromatic carbocycles. The van der Waals surface area contributed by atoms with Gasteiger partial charge in [-0.1, -0.05) is 55.4 Å². The molecule has 53 heavy (non-hydrogen) atoms. The third-order valence-electron chi connectivity index (χ3n) is 14.4. The summed E-state index contributed by atoms with van der Waals surface area (Å²) in [6.07, 6.45) is 5.51. The van der Waals surface area contributed by atoms with Crippen LogP contribution in [0.25, 0.3) is 0 Å². The van der Waals surface area contributed by atoms with E-state index < -0.39 is 76.8 Å². The Morgan fingerprint density at radius 1 is 0.887 bits per heavy atom. The van der Waals surface area contributed by atoms with Gasteiger partial charge in [0.15, 0.2) is 5.79 Å². The van der Waals surface area contributed by atoms with Gasteiger partial charge >= 0.3 is 5.97 Å². The summed E-state index contributed by atoms with van der Waals surface area (Å²) >= 11 is 0. The normalized spacial score (nSPS) is 46.2. The van der Waals surface area contributed by atoms with Crippen molar-refractivity contribution >= 4 is 11.8 Å². The summed E-state index contributed by atoms with van der Waals surface area (Å²) in [5, 5.41) is 44.0. The van der Waals surface area contributed by atoms with Crippen molar-refractivity contribution in [2.24, 2.45) is 41.4 Å². The lowest BCUT2D eigenvalue weighted by molar-refractivity contribution is -0.409. The van der Waals surface area contributed by atoms with Gasteiger partial charge in [0.2, 0.25) is 5.79 Å². The summed E-state index contributed by atoms with van der Waals surface area (Å²) in [5.41, 5.74) is -1.63. The number of hydrogen-bond acceptors (Lipinski definition) is 10. The molecule has 18 atom stereocenters. The largest absolute Gasteiger partial charge is 0.481 e. The molecule has 11 heteroatoms. The van der Waals surface area contributed by atoms with Crippen molar-refractivity contribution in [3.05, 3.63) is 12.2 Å². The molecule has 0 aromatic heterocycles. The molecular formula is C42H70O11. The highest BCUT2D eigenvalue weighted by Crippen LogP contribution is 2.54. The van der Waals surface area contributed by atoms with Gasteiger partial charge in [-0.2, -0.15) is 0 Å². The molecule has 10 unspecified atom stereocenters. The second-order valence-electron chi connectivity index (χ2n) is 17.9. The quantitative estimate of drug-likeness (QED) is 0.169. The number of carboxylic acids is 1. The van der Waals surface area contributed by atoms with E-state index in [9.17, 15) is 30.0 Å². The van der Waals surface area contributed by atoms with Crippen LogP contribution in [0.15, 0.2) is 12.2 Å². The molecule has 5 aliphatic heterocycles. The Morgan fingerprint density at radius 3 is 2.17 bits per heavy atom. The van der Waals surface area contributed by atoms with Gasteiger partial charge in [-0.3, -0.25) is 9.59 Å². The lowest BCUT2D eigenvalue weighted by Gasteiger charge is -2.54. The van der Waals surface area contributed by atoms with Crippen LogP contribution in [-0.4, -0.2) is 97.7 Å². The van der Waals surface area contributed by atoms with Gasteiger partial charge in [0.1, 0.15) is 11.9 Å². The van der Waals surface area contributed by atoms with Gasteiger partial charge in [-0.15, -0.1) is 0 Å². The molecule has 0 radical (unpaired) electrons. The van der Waals surface area contributed by atoms with Crippen molar-refractivity contribution in [2.45, 2.75) is 199 Å². The molecule has 0 amide bonds. The number of rotatable bonds is 12. The van der Waals surface area contributed by atoms with E-state index in [0.717, 1.165) is 6.42 Å². The minimum absolute atomic E-state index is 0.0137. The number of carbonyl (C=O) groups excluding carboxylic acids is 1. The summed E-state index contributed by atoms with van der Waals surface area (Å²) in [7, 11) is 0. The number of Topliss-reactive ketones (excluding diaryl/α,β-unsaturated/α-hetero) is 1. The molecule has 5 aliphatic rings. The number of carbonyl (C=O) groups is 2. The van der Waals surface area contributed by atoms with Crippen LogP contribution in [0.2, 0.25) is 0 Å². The van der Waals surface area contributed by atoms with Crippen molar-refractivity contribution in [3.8, 4) is 0 Å². The maximum Gasteiger partial charge on any atom is 0.309 e. The van der Waals surface area contributed by atoms with Gasteiger partial charge in [-0.25, -0.2) is 0 Å². The second-order valence-corrected chi connectivity index (χ2v) is 17.9. The maximum atomic E-state index is 14.4. The van der Waals surface area contributed by atoms with Crippen molar-refractivity contribution in [1.82, 2.24) is 0 Å². The predicted octanol–water partition coefficient (Wildman–Crippen LogP) is 6.19. The lowest BCUT2D eigenvalue weighted by atomic mass is 9.72. The minimum Gasteiger partial charge on any atom is -0.481 e. The number of hydrogen-bond donors (Lipinski definition) is 4. The van der Waals surface area contributed by atoms with Crippen LogP contribution in [0, 0.1) is 41.4 Å². The van der Waals surface area contributed by atoms with Crippen molar-refractivity contribution < 1.29 is 53.7 Å². The third kappa shape index (κ3) is 7.94. The summed E-state index contributed by atoms with van der Waals surface area (Å²) in [5.74, 6) is -5.78. The zero-order valence-corrected chi connectivity index (χ0v) is 34.0. The Bertz CT molecular complexity index is 1320. The molecular weight excluding hydrogens is 680 g/mol. The number of aliphatic carboxylic acids is 1. The number of ether oxygens (including phenoxy) is 5. The molecule has 5 heterocycles. The van der Waals surface area contributed by atoms with Crippen LogP contribution in [0.5, 0.6) is 0 Å². The van der Waals surface area contributed by atoms with Crippen molar-refractivity contribution in [1.29, 1.82) is 0 Å². The third-order valence-corrected chi connectivity index (χ3v) is 14.4. The van der Waals surface area contributed by atoms with E-state index in [1.165, 1.54) is 0 Å². The van der Waals surface area contributed by atoms with E-state index in [-0.39, 0.29) is 41.8 Å². The second kappa shape index (κ2) is 16.2. The number of aliphatic hydroxyl groups is 3. The van der Waals surface area contributed by atoms with E-state index in [0.29, 0.717) is 57.8 Å². The lowest BCUT2D eigenvalue weighted by Crippen LogP contribution is -2.63. The fourth-order valence-corrected chi connectivity index (χ4v) is 10.5. The van der Waals surface area contributed by atoms with E-state index >= 15 is 0 Å². The smallest absolute Gasteiger partial charge is 0.309 e. The predicted molar refractivity (Wildman–Crippen MR) is 199 cm³/mol. The topological polar surface area (TPSA) is 161 Å². The molecule has 0 saturated carbocycles. The number of aliphatic hydroxyl groups excluding tert-OH is 2. The van der Waals surface area contributed by atoms with Gasteiger partial charge in [-0.05, 0) is 95.6 Å². The van der Waals surface area contributed by atoms with Crippen LogP contribution in [0.1, 0.15) is 133 Å². The van der Waals surface area contributed by atoms with E-state index in [2.05, 4.69) is 20.8 Å². The van der Waals surface area contributed by atoms with Crippen LogP contribution in [0.4, 0.5) is 0 Å². The van der Waals surface area contributed by atoms with Gasteiger partial charge in [0, 0.05) is 30.1 Å². The Balaban J connectivity index is 1.31. The maximum absolute atomic E-state index is 14.4. The van der Waals surface area contributed by atoms with Gasteiger partial charge < -0.3 is 44.1 Å². The first-order valence-electron chi connectivity index (χ1n) is 20.7. The van der Waals surface area contributed by atoms with Crippen LogP contribution < -0.4 is 0 Å². The molecule has 4 fully saturated rings. The zero-order chi connectivity index (χ0) is 39.3. The summed E-state index contributed by atoms with van der Waals surface area (Å²) in [4.78, 5) is 26.4. The molecule has 0 aromatic rings. The molecule has 4 N–H and O–H groups in total. The summed E-state index contributed by atoms with van der Waals surface area (Å²) < 4.78 is 33.5. The first-order valence-corrected chi connectivity index (χ1v) is 20.7. The fourth-order valence-electron chi connectivity index (χ4n) is 10.5. The highest BCUT2D eigenvalue weighted by Gasteiger charge is 2.63. The highest BCUT2D eigenvalue weighted by atomic mass is 16.8. The number of ketones is 1. The average Bonchev–Trinajstić information content (AvgIpc) is 3.47. The standard InChI is InChI=1S/C42H70O11/c1-11-29(38(46)47)31-15-14-23(4)36(50-31)27(8)34(44)26(7)35(45)30(12-2)37-24(5)22-25(6)41(51-37)19-16-32(43)42(53-41)21-20-39(10,52-42)33-17-18-40(48,13-3)28(9)49-33/h16,19,23-34,36-37,43-44,48H,11-15,17-18,20-22H2,1-10H3,(H,46,47)/t23?,24?,25?,26?,27?,28?,29?,30?,31-,32?,33-,34?,36+,37-,39-,40+,41-,42-/m0/s1. The van der Waals surface area contributed by atoms with Gasteiger partial charge in [0.05, 0.1) is 53.7 Å². The Morgan fingerprint density at radius 2 is 1.57 bits per heavy atom. The van der Waals surface area contributed by atoms with Crippen molar-refractivity contribution in [3.63, 3.8) is 0 Å². The van der Waals surface area contributed by atoms with E-state index in [1.807, 2.05) is 41.5 Å². The van der Waals surface area contributed by atoms with E-state index in [4.69, 9.17) is 23.7 Å². The molecule has 5 rings (SSSR count). The zero-order valence-electron chi connectivity index (χ0n) is 34.0. The molecule has 0 aliphatic carbocycles.